The van der Waals surface area contributed by atoms with Gasteiger partial charge in [-0.1, -0.05) is 12.1 Å². The van der Waals surface area contributed by atoms with Crippen molar-refractivity contribution >= 4 is 21.7 Å². The maximum atomic E-state index is 5.24. The number of aromatic nitrogens is 1. The maximum absolute atomic E-state index is 5.24. The summed E-state index contributed by atoms with van der Waals surface area (Å²) in [6.07, 6.45) is 1.88. The average Bonchev–Trinajstić information content (AvgIpc) is 2.38. The summed E-state index contributed by atoms with van der Waals surface area (Å²) in [6.45, 7) is 2.81. The Morgan fingerprint density at radius 2 is 2.11 bits per heavy atom. The highest BCUT2D eigenvalue weighted by Gasteiger charge is 2.08. The van der Waals surface area contributed by atoms with Gasteiger partial charge in [0.25, 0.3) is 0 Å². The van der Waals surface area contributed by atoms with Crippen molar-refractivity contribution in [1.29, 1.82) is 0 Å². The molecule has 3 nitrogen and oxygen atoms in total. The van der Waals surface area contributed by atoms with Crippen LogP contribution in [-0.4, -0.2) is 19.1 Å². The Balaban J connectivity index is 2.17. The predicted molar refractivity (Wildman–Crippen MR) is 81.8 cm³/mol. The molecule has 0 saturated heterocycles. The fraction of sp³-hybridized carbons (Fsp3) is 0.267. The van der Waals surface area contributed by atoms with Gasteiger partial charge in [-0.25, -0.2) is 4.98 Å². The van der Waals surface area contributed by atoms with Gasteiger partial charge < -0.3 is 9.64 Å². The Bertz CT molecular complexity index is 572. The molecule has 2 rings (SSSR count). The minimum Gasteiger partial charge on any atom is -0.497 e. The van der Waals surface area contributed by atoms with Crippen molar-refractivity contribution in [3.8, 4) is 5.75 Å². The number of hydrogen-bond donors (Lipinski definition) is 0. The smallest absolute Gasteiger partial charge is 0.142 e. The van der Waals surface area contributed by atoms with E-state index in [1.165, 1.54) is 5.56 Å². The van der Waals surface area contributed by atoms with Crippen LogP contribution in [0.25, 0.3) is 0 Å². The Morgan fingerprint density at radius 1 is 1.32 bits per heavy atom. The fourth-order valence-electron chi connectivity index (χ4n) is 1.93. The van der Waals surface area contributed by atoms with Crippen molar-refractivity contribution in [2.45, 2.75) is 13.5 Å². The third-order valence-corrected chi connectivity index (χ3v) is 3.46. The number of methoxy groups -OCH3 is 1. The molecule has 0 N–H and O–H groups in total. The molecule has 0 unspecified atom stereocenters. The summed E-state index contributed by atoms with van der Waals surface area (Å²) in [5.41, 5.74) is 2.33. The SMILES string of the molecule is COc1cccc(CN(C)c2ncc(C)cc2Br)c1. The number of ether oxygens (including phenoxy) is 1. The second-order valence-electron chi connectivity index (χ2n) is 4.53. The molecule has 0 atom stereocenters. The van der Waals surface area contributed by atoms with Crippen LogP contribution in [-0.2, 0) is 6.54 Å². The largest absolute Gasteiger partial charge is 0.497 e. The second-order valence-corrected chi connectivity index (χ2v) is 5.38. The van der Waals surface area contributed by atoms with Crippen molar-refractivity contribution in [1.82, 2.24) is 4.98 Å². The average molecular weight is 321 g/mol. The van der Waals surface area contributed by atoms with Gasteiger partial charge in [-0.3, -0.25) is 0 Å². The summed E-state index contributed by atoms with van der Waals surface area (Å²) in [6, 6.07) is 10.1. The van der Waals surface area contributed by atoms with Gasteiger partial charge in [0.1, 0.15) is 11.6 Å². The van der Waals surface area contributed by atoms with Gasteiger partial charge >= 0.3 is 0 Å². The standard InChI is InChI=1S/C15H17BrN2O/c1-11-7-14(16)15(17-9-11)18(2)10-12-5-4-6-13(8-12)19-3/h4-9H,10H2,1-3H3. The van der Waals surface area contributed by atoms with E-state index in [0.717, 1.165) is 28.1 Å². The lowest BCUT2D eigenvalue weighted by Gasteiger charge is -2.20. The molecule has 100 valence electrons. The number of halogens is 1. The Labute approximate surface area is 122 Å². The van der Waals surface area contributed by atoms with Crippen molar-refractivity contribution in [3.63, 3.8) is 0 Å². The van der Waals surface area contributed by atoms with Crippen LogP contribution in [0.2, 0.25) is 0 Å². The molecule has 0 aliphatic rings. The van der Waals surface area contributed by atoms with Gasteiger partial charge in [0.15, 0.2) is 0 Å². The first-order chi connectivity index (χ1) is 9.10. The minimum atomic E-state index is 0.784. The van der Waals surface area contributed by atoms with Crippen LogP contribution < -0.4 is 9.64 Å². The third kappa shape index (κ3) is 3.47. The summed E-state index contributed by atoms with van der Waals surface area (Å²) in [5.74, 6) is 1.82. The van der Waals surface area contributed by atoms with Crippen LogP contribution in [0.1, 0.15) is 11.1 Å². The van der Waals surface area contributed by atoms with Gasteiger partial charge in [-0.15, -0.1) is 0 Å². The van der Waals surface area contributed by atoms with Crippen LogP contribution >= 0.6 is 15.9 Å². The molecule has 1 heterocycles. The molecule has 1 aromatic heterocycles. The van der Waals surface area contributed by atoms with E-state index in [1.54, 1.807) is 7.11 Å². The Hall–Kier alpha value is -1.55. The van der Waals surface area contributed by atoms with Gasteiger partial charge in [-0.2, -0.15) is 0 Å². The molecule has 0 fully saturated rings. The van der Waals surface area contributed by atoms with Crippen LogP contribution in [0.4, 0.5) is 5.82 Å². The maximum Gasteiger partial charge on any atom is 0.142 e. The quantitative estimate of drug-likeness (QED) is 0.856. The first-order valence-electron chi connectivity index (χ1n) is 6.06. The van der Waals surface area contributed by atoms with Gasteiger partial charge in [-0.05, 0) is 52.2 Å². The van der Waals surface area contributed by atoms with Crippen LogP contribution in [0, 0.1) is 6.92 Å². The fourth-order valence-corrected chi connectivity index (χ4v) is 2.69. The summed E-state index contributed by atoms with van der Waals surface area (Å²) < 4.78 is 6.25. The van der Waals surface area contributed by atoms with Crippen molar-refractivity contribution < 1.29 is 4.74 Å². The number of nitrogens with zero attached hydrogens (tertiary/aromatic N) is 2. The highest BCUT2D eigenvalue weighted by Crippen LogP contribution is 2.25. The zero-order valence-electron chi connectivity index (χ0n) is 11.4. The lowest BCUT2D eigenvalue weighted by molar-refractivity contribution is 0.414. The second kappa shape index (κ2) is 6.06. The van der Waals surface area contributed by atoms with Crippen LogP contribution in [0.3, 0.4) is 0 Å². The van der Waals surface area contributed by atoms with Crippen molar-refractivity contribution in [2.75, 3.05) is 19.1 Å². The van der Waals surface area contributed by atoms with E-state index in [9.17, 15) is 0 Å². The lowest BCUT2D eigenvalue weighted by atomic mass is 10.2. The highest BCUT2D eigenvalue weighted by molar-refractivity contribution is 9.10. The molecule has 4 heteroatoms. The highest BCUT2D eigenvalue weighted by atomic mass is 79.9. The van der Waals surface area contributed by atoms with E-state index in [-0.39, 0.29) is 0 Å². The first-order valence-corrected chi connectivity index (χ1v) is 6.85. The molecule has 0 spiro atoms. The Kier molecular flexibility index (Phi) is 4.43. The molecular formula is C15H17BrN2O. The molecule has 0 aliphatic carbocycles. The van der Waals surface area contributed by atoms with Crippen LogP contribution in [0.5, 0.6) is 5.75 Å². The molecule has 0 aliphatic heterocycles. The first kappa shape index (κ1) is 13.9. The van der Waals surface area contributed by atoms with Crippen LogP contribution in [0.15, 0.2) is 41.0 Å². The monoisotopic (exact) mass is 320 g/mol. The lowest BCUT2D eigenvalue weighted by Crippen LogP contribution is -2.18. The van der Waals surface area contributed by atoms with E-state index < -0.39 is 0 Å². The van der Waals surface area contributed by atoms with Crippen molar-refractivity contribution in [3.05, 3.63) is 52.1 Å². The van der Waals surface area contributed by atoms with E-state index in [0.29, 0.717) is 0 Å². The molecule has 0 bridgehead atoms. The summed E-state index contributed by atoms with van der Waals surface area (Å²) >= 11 is 3.56. The molecule has 0 radical (unpaired) electrons. The molecule has 1 aromatic carbocycles. The molecule has 0 saturated carbocycles. The molecule has 2 aromatic rings. The van der Waals surface area contributed by atoms with Gasteiger partial charge in [0.2, 0.25) is 0 Å². The molecule has 19 heavy (non-hydrogen) atoms. The number of benzene rings is 1. The number of aryl methyl sites for hydroxylation is 1. The molecular weight excluding hydrogens is 304 g/mol. The topological polar surface area (TPSA) is 25.4 Å². The summed E-state index contributed by atoms with van der Waals surface area (Å²) in [5, 5.41) is 0. The van der Waals surface area contributed by atoms with Crippen molar-refractivity contribution in [2.24, 2.45) is 0 Å². The third-order valence-electron chi connectivity index (χ3n) is 2.87. The number of hydrogen-bond acceptors (Lipinski definition) is 3. The summed E-state index contributed by atoms with van der Waals surface area (Å²) in [4.78, 5) is 6.57. The predicted octanol–water partition coefficient (Wildman–Crippen LogP) is 3.80. The normalized spacial score (nSPS) is 10.3. The minimum absolute atomic E-state index is 0.784. The zero-order chi connectivity index (χ0) is 13.8. The number of pyridine rings is 1. The molecule has 0 amide bonds. The van der Waals surface area contributed by atoms with E-state index >= 15 is 0 Å². The van der Waals surface area contributed by atoms with E-state index in [4.69, 9.17) is 4.74 Å². The Morgan fingerprint density at radius 3 is 2.79 bits per heavy atom. The summed E-state index contributed by atoms with van der Waals surface area (Å²) in [7, 11) is 3.71. The van der Waals surface area contributed by atoms with Gasteiger partial charge in [0.05, 0.1) is 11.6 Å². The zero-order valence-corrected chi connectivity index (χ0v) is 12.9. The van der Waals surface area contributed by atoms with Gasteiger partial charge in [0, 0.05) is 19.8 Å². The van der Waals surface area contributed by atoms with E-state index in [1.807, 2.05) is 38.4 Å². The number of anilines is 1. The van der Waals surface area contributed by atoms with E-state index in [2.05, 4.69) is 37.9 Å². The number of rotatable bonds is 4.